The van der Waals surface area contributed by atoms with E-state index in [-0.39, 0.29) is 0 Å². The highest BCUT2D eigenvalue weighted by atomic mass is 32.1. The maximum absolute atomic E-state index is 4.65. The van der Waals surface area contributed by atoms with E-state index in [9.17, 15) is 0 Å². The average molecular weight is 309 g/mol. The third-order valence-electron chi connectivity index (χ3n) is 3.84. The second kappa shape index (κ2) is 7.75. The molecule has 1 saturated heterocycles. The number of guanidine groups is 1. The van der Waals surface area contributed by atoms with Crippen LogP contribution < -0.4 is 10.6 Å². The number of aromatic nitrogens is 1. The van der Waals surface area contributed by atoms with Gasteiger partial charge in [-0.15, -0.1) is 11.3 Å². The van der Waals surface area contributed by atoms with Gasteiger partial charge < -0.3 is 15.5 Å². The molecule has 1 atom stereocenters. The molecule has 2 N–H and O–H groups in total. The summed E-state index contributed by atoms with van der Waals surface area (Å²) in [4.78, 5) is 12.9. The summed E-state index contributed by atoms with van der Waals surface area (Å²) < 4.78 is 0. The predicted octanol–water partition coefficient (Wildman–Crippen LogP) is 1.77. The fourth-order valence-corrected chi connectivity index (χ4v) is 3.39. The summed E-state index contributed by atoms with van der Waals surface area (Å²) in [5, 5.41) is 7.86. The van der Waals surface area contributed by atoms with Crippen LogP contribution in [0.2, 0.25) is 0 Å². The molecule has 6 heteroatoms. The van der Waals surface area contributed by atoms with Gasteiger partial charge in [0, 0.05) is 24.5 Å². The Kier molecular flexibility index (Phi) is 5.99. The maximum Gasteiger partial charge on any atom is 0.191 e. The Bertz CT molecular complexity index is 463. The number of aryl methyl sites for hydroxylation is 2. The second-order valence-corrected chi connectivity index (χ2v) is 7.03. The summed E-state index contributed by atoms with van der Waals surface area (Å²) in [6.07, 6.45) is 1.27. The number of thiazole rings is 1. The molecule has 0 saturated carbocycles. The monoisotopic (exact) mass is 309 g/mol. The molecule has 0 radical (unpaired) electrons. The molecule has 1 aliphatic rings. The van der Waals surface area contributed by atoms with E-state index in [1.54, 1.807) is 11.3 Å². The van der Waals surface area contributed by atoms with Crippen LogP contribution in [0.25, 0.3) is 0 Å². The van der Waals surface area contributed by atoms with E-state index in [1.807, 2.05) is 0 Å². The van der Waals surface area contributed by atoms with E-state index >= 15 is 0 Å². The lowest BCUT2D eigenvalue weighted by atomic mass is 10.1. The summed E-state index contributed by atoms with van der Waals surface area (Å²) in [5.74, 6) is 1.63. The quantitative estimate of drug-likeness (QED) is 0.643. The zero-order valence-corrected chi connectivity index (χ0v) is 14.4. The lowest BCUT2D eigenvalue weighted by molar-refractivity contribution is 0.394. The molecule has 0 aromatic carbocycles. The zero-order chi connectivity index (χ0) is 15.2. The summed E-state index contributed by atoms with van der Waals surface area (Å²) in [5.41, 5.74) is 1.12. The molecule has 1 unspecified atom stereocenters. The fourth-order valence-electron chi connectivity index (χ4n) is 2.53. The van der Waals surface area contributed by atoms with Crippen molar-refractivity contribution in [1.29, 1.82) is 0 Å². The van der Waals surface area contributed by atoms with Crippen LogP contribution in [0.3, 0.4) is 0 Å². The van der Waals surface area contributed by atoms with Crippen LogP contribution in [0.4, 0.5) is 0 Å². The van der Waals surface area contributed by atoms with E-state index in [4.69, 9.17) is 0 Å². The highest BCUT2D eigenvalue weighted by Crippen LogP contribution is 2.17. The van der Waals surface area contributed by atoms with E-state index in [0.717, 1.165) is 35.7 Å². The van der Waals surface area contributed by atoms with Crippen LogP contribution in [0.15, 0.2) is 4.99 Å². The molecule has 1 fully saturated rings. The fraction of sp³-hybridized carbons (Fsp3) is 0.733. The molecule has 2 rings (SSSR count). The molecule has 21 heavy (non-hydrogen) atoms. The second-order valence-electron chi connectivity index (χ2n) is 5.74. The molecular weight excluding hydrogens is 282 g/mol. The van der Waals surface area contributed by atoms with Gasteiger partial charge in [-0.3, -0.25) is 0 Å². The minimum absolute atomic E-state index is 0.652. The van der Waals surface area contributed by atoms with Crippen LogP contribution in [-0.2, 0) is 6.54 Å². The van der Waals surface area contributed by atoms with Gasteiger partial charge in [-0.1, -0.05) is 0 Å². The highest BCUT2D eigenvalue weighted by molar-refractivity contribution is 7.11. The number of nitrogens with zero attached hydrogens (tertiary/aromatic N) is 3. The van der Waals surface area contributed by atoms with Crippen molar-refractivity contribution in [2.75, 3.05) is 33.2 Å². The van der Waals surface area contributed by atoms with Crippen molar-refractivity contribution in [1.82, 2.24) is 20.5 Å². The Labute approximate surface area is 131 Å². The number of likely N-dealkylation sites (tertiary alicyclic amines) is 1. The zero-order valence-electron chi connectivity index (χ0n) is 13.6. The van der Waals surface area contributed by atoms with Crippen LogP contribution >= 0.6 is 11.3 Å². The Morgan fingerprint density at radius 2 is 2.24 bits per heavy atom. The van der Waals surface area contributed by atoms with Crippen LogP contribution in [0, 0.1) is 19.8 Å². The van der Waals surface area contributed by atoms with E-state index in [1.165, 1.54) is 24.4 Å². The number of aliphatic imine (C=N–C) groups is 1. The van der Waals surface area contributed by atoms with Gasteiger partial charge in [-0.2, -0.15) is 0 Å². The van der Waals surface area contributed by atoms with E-state index in [2.05, 4.69) is 53.3 Å². The molecule has 0 bridgehead atoms. The van der Waals surface area contributed by atoms with Gasteiger partial charge in [0.2, 0.25) is 0 Å². The first-order valence-corrected chi connectivity index (χ1v) is 8.53. The topological polar surface area (TPSA) is 52.6 Å². The van der Waals surface area contributed by atoms with Crippen molar-refractivity contribution < 1.29 is 0 Å². The van der Waals surface area contributed by atoms with Crippen LogP contribution in [-0.4, -0.2) is 49.1 Å². The predicted molar refractivity (Wildman–Crippen MR) is 90.0 cm³/mol. The third kappa shape index (κ3) is 4.97. The normalized spacial score (nSPS) is 20.0. The first-order valence-electron chi connectivity index (χ1n) is 7.72. The third-order valence-corrected chi connectivity index (χ3v) is 4.89. The average Bonchev–Trinajstić information content (AvgIpc) is 3.00. The first-order chi connectivity index (χ1) is 10.1. The van der Waals surface area contributed by atoms with Gasteiger partial charge in [-0.25, -0.2) is 9.98 Å². The molecule has 0 aliphatic carbocycles. The van der Waals surface area contributed by atoms with Crippen molar-refractivity contribution in [3.63, 3.8) is 0 Å². The summed E-state index contributed by atoms with van der Waals surface area (Å²) in [6.45, 7) is 11.2. The smallest absolute Gasteiger partial charge is 0.191 e. The number of hydrogen-bond acceptors (Lipinski definition) is 4. The standard InChI is InChI=1S/C15H27N5S/c1-5-16-15(17-8-13-6-7-20(4)10-13)18-9-14-19-11(2)12(3)21-14/h13H,5-10H2,1-4H3,(H2,16,17,18). The molecular formula is C15H27N5S. The SMILES string of the molecule is CCNC(=NCc1nc(C)c(C)s1)NCC1CCN(C)C1. The first kappa shape index (κ1) is 16.2. The van der Waals surface area contributed by atoms with Crippen molar-refractivity contribution in [2.45, 2.75) is 33.7 Å². The van der Waals surface area contributed by atoms with Gasteiger partial charge in [0.25, 0.3) is 0 Å². The van der Waals surface area contributed by atoms with Gasteiger partial charge in [0.1, 0.15) is 5.01 Å². The number of rotatable bonds is 5. The Morgan fingerprint density at radius 1 is 1.43 bits per heavy atom. The van der Waals surface area contributed by atoms with Crippen LogP contribution in [0.5, 0.6) is 0 Å². The summed E-state index contributed by atoms with van der Waals surface area (Å²) in [6, 6.07) is 0. The van der Waals surface area contributed by atoms with Crippen molar-refractivity contribution in [3.05, 3.63) is 15.6 Å². The molecule has 1 aliphatic heterocycles. The van der Waals surface area contributed by atoms with Crippen molar-refractivity contribution >= 4 is 17.3 Å². The lowest BCUT2D eigenvalue weighted by Crippen LogP contribution is -2.40. The van der Waals surface area contributed by atoms with Crippen molar-refractivity contribution in [2.24, 2.45) is 10.9 Å². The Morgan fingerprint density at radius 3 is 2.81 bits per heavy atom. The van der Waals surface area contributed by atoms with Gasteiger partial charge in [0.05, 0.1) is 12.2 Å². The maximum atomic E-state index is 4.65. The molecule has 2 heterocycles. The molecule has 0 amide bonds. The minimum atomic E-state index is 0.652. The minimum Gasteiger partial charge on any atom is -0.357 e. The Hall–Kier alpha value is -1.14. The van der Waals surface area contributed by atoms with Gasteiger partial charge >= 0.3 is 0 Å². The summed E-state index contributed by atoms with van der Waals surface area (Å²) in [7, 11) is 2.19. The van der Waals surface area contributed by atoms with E-state index < -0.39 is 0 Å². The van der Waals surface area contributed by atoms with E-state index in [0.29, 0.717) is 6.54 Å². The number of nitrogens with one attached hydrogen (secondary N) is 2. The Balaban J connectivity index is 1.86. The molecule has 1 aromatic rings. The molecule has 0 spiro atoms. The lowest BCUT2D eigenvalue weighted by Gasteiger charge is -2.15. The largest absolute Gasteiger partial charge is 0.357 e. The number of hydrogen-bond donors (Lipinski definition) is 2. The molecule has 5 nitrogen and oxygen atoms in total. The highest BCUT2D eigenvalue weighted by Gasteiger charge is 2.19. The summed E-state index contributed by atoms with van der Waals surface area (Å²) >= 11 is 1.74. The molecule has 118 valence electrons. The van der Waals surface area contributed by atoms with Gasteiger partial charge in [0.15, 0.2) is 5.96 Å². The molecule has 1 aromatic heterocycles. The van der Waals surface area contributed by atoms with Gasteiger partial charge in [-0.05, 0) is 46.7 Å². The van der Waals surface area contributed by atoms with Crippen LogP contribution in [0.1, 0.15) is 28.9 Å². The van der Waals surface area contributed by atoms with Crippen molar-refractivity contribution in [3.8, 4) is 0 Å².